The molecule has 0 aliphatic heterocycles. The number of carbonyl (C=O) groups is 1. The van der Waals surface area contributed by atoms with E-state index in [4.69, 9.17) is 0 Å². The van der Waals surface area contributed by atoms with Crippen LogP contribution in [0.15, 0.2) is 12.1 Å². The van der Waals surface area contributed by atoms with Gasteiger partial charge in [0.15, 0.2) is 6.29 Å². The fraction of sp³-hybridized carbons (Fsp3) is 0.375. The zero-order chi connectivity index (χ0) is 10.1. The summed E-state index contributed by atoms with van der Waals surface area (Å²) in [5, 5.41) is 0. The Balaban J connectivity index is 2.89. The van der Waals surface area contributed by atoms with Gasteiger partial charge < -0.3 is 0 Å². The van der Waals surface area contributed by atoms with Crippen molar-refractivity contribution in [3.05, 3.63) is 21.9 Å². The van der Waals surface area contributed by atoms with Crippen molar-refractivity contribution >= 4 is 17.6 Å². The Kier molecular flexibility index (Phi) is 2.75. The summed E-state index contributed by atoms with van der Waals surface area (Å²) in [6.45, 7) is 1.08. The van der Waals surface area contributed by atoms with Crippen LogP contribution in [-0.4, -0.2) is 12.5 Å². The highest BCUT2D eigenvalue weighted by Crippen LogP contribution is 2.37. The lowest BCUT2D eigenvalue weighted by Gasteiger charge is -2.12. The molecule has 1 rings (SSSR count). The van der Waals surface area contributed by atoms with E-state index in [0.717, 1.165) is 18.3 Å². The standard InChI is InChI=1S/C8H7F3OS/c1-5(8(9,10)11)7-3-2-6(4-12)13-7/h2-5H,1H3/t5-/m0/s1. The van der Waals surface area contributed by atoms with Crippen LogP contribution < -0.4 is 0 Å². The number of aldehydes is 1. The molecule has 1 aromatic heterocycles. The van der Waals surface area contributed by atoms with E-state index in [0.29, 0.717) is 11.2 Å². The smallest absolute Gasteiger partial charge is 0.297 e. The maximum Gasteiger partial charge on any atom is 0.396 e. The van der Waals surface area contributed by atoms with Gasteiger partial charge >= 0.3 is 6.18 Å². The van der Waals surface area contributed by atoms with Gasteiger partial charge in [-0.1, -0.05) is 0 Å². The Morgan fingerprint density at radius 2 is 2.08 bits per heavy atom. The van der Waals surface area contributed by atoms with Gasteiger partial charge in [-0.3, -0.25) is 4.79 Å². The molecule has 0 N–H and O–H groups in total. The number of rotatable bonds is 2. The first kappa shape index (κ1) is 10.2. The van der Waals surface area contributed by atoms with Crippen LogP contribution in [0.1, 0.15) is 27.4 Å². The van der Waals surface area contributed by atoms with Gasteiger partial charge in [0, 0.05) is 4.88 Å². The summed E-state index contributed by atoms with van der Waals surface area (Å²) >= 11 is 0.880. The van der Waals surface area contributed by atoms with E-state index in [-0.39, 0.29) is 4.88 Å². The van der Waals surface area contributed by atoms with Crippen LogP contribution in [0, 0.1) is 0 Å². The highest BCUT2D eigenvalue weighted by molar-refractivity contribution is 7.13. The molecule has 1 aromatic rings. The van der Waals surface area contributed by atoms with Crippen molar-refractivity contribution in [2.24, 2.45) is 0 Å². The second-order valence-electron chi connectivity index (χ2n) is 2.62. The molecule has 1 nitrogen and oxygen atoms in total. The van der Waals surface area contributed by atoms with Crippen LogP contribution in [0.2, 0.25) is 0 Å². The molecular formula is C8H7F3OS. The van der Waals surface area contributed by atoms with E-state index in [1.165, 1.54) is 12.1 Å². The van der Waals surface area contributed by atoms with Gasteiger partial charge in [0.05, 0.1) is 10.8 Å². The molecule has 1 heterocycles. The van der Waals surface area contributed by atoms with Crippen LogP contribution in [0.4, 0.5) is 13.2 Å². The summed E-state index contributed by atoms with van der Waals surface area (Å²) in [4.78, 5) is 10.7. The molecule has 0 aliphatic carbocycles. The number of thiophene rings is 1. The summed E-state index contributed by atoms with van der Waals surface area (Å²) < 4.78 is 36.5. The molecule has 72 valence electrons. The largest absolute Gasteiger partial charge is 0.396 e. The average Bonchev–Trinajstić information content (AvgIpc) is 2.48. The maximum atomic E-state index is 12.2. The predicted octanol–water partition coefficient (Wildman–Crippen LogP) is 3.23. The quantitative estimate of drug-likeness (QED) is 0.682. The Morgan fingerprint density at radius 3 is 2.46 bits per heavy atom. The fourth-order valence-electron chi connectivity index (χ4n) is 0.826. The molecule has 0 spiro atoms. The Labute approximate surface area is 77.2 Å². The molecule has 5 heteroatoms. The van der Waals surface area contributed by atoms with Gasteiger partial charge in [-0.05, 0) is 19.1 Å². The third kappa shape index (κ3) is 2.30. The number of hydrogen-bond donors (Lipinski definition) is 0. The van der Waals surface area contributed by atoms with Crippen molar-refractivity contribution in [3.63, 3.8) is 0 Å². The summed E-state index contributed by atoms with van der Waals surface area (Å²) in [5.74, 6) is -1.49. The minimum absolute atomic E-state index is 0.176. The second-order valence-corrected chi connectivity index (χ2v) is 3.77. The molecule has 0 saturated carbocycles. The summed E-state index contributed by atoms with van der Waals surface area (Å²) in [6, 6.07) is 2.74. The SMILES string of the molecule is C[C@@H](c1ccc(C=O)s1)C(F)(F)F. The molecule has 0 saturated heterocycles. The minimum atomic E-state index is -4.23. The first-order valence-corrected chi connectivity index (χ1v) is 4.38. The van der Waals surface area contributed by atoms with E-state index >= 15 is 0 Å². The van der Waals surface area contributed by atoms with Gasteiger partial charge in [0.1, 0.15) is 0 Å². The van der Waals surface area contributed by atoms with Crippen LogP contribution in [-0.2, 0) is 0 Å². The lowest BCUT2D eigenvalue weighted by atomic mass is 10.1. The minimum Gasteiger partial charge on any atom is -0.297 e. The zero-order valence-electron chi connectivity index (χ0n) is 6.76. The second kappa shape index (κ2) is 3.49. The van der Waals surface area contributed by atoms with Gasteiger partial charge in [0.25, 0.3) is 0 Å². The highest BCUT2D eigenvalue weighted by atomic mass is 32.1. The summed E-state index contributed by atoms with van der Waals surface area (Å²) in [5.41, 5.74) is 0. The van der Waals surface area contributed by atoms with Gasteiger partial charge in [-0.15, -0.1) is 11.3 Å². The van der Waals surface area contributed by atoms with Crippen molar-refractivity contribution in [1.29, 1.82) is 0 Å². The van der Waals surface area contributed by atoms with E-state index in [1.54, 1.807) is 0 Å². The topological polar surface area (TPSA) is 17.1 Å². The van der Waals surface area contributed by atoms with Crippen molar-refractivity contribution in [2.75, 3.05) is 0 Å². The molecule has 1 atom stereocenters. The van der Waals surface area contributed by atoms with Gasteiger partial charge in [-0.25, -0.2) is 0 Å². The normalized spacial score (nSPS) is 14.2. The Morgan fingerprint density at radius 1 is 1.46 bits per heavy atom. The summed E-state index contributed by atoms with van der Waals surface area (Å²) in [7, 11) is 0. The Hall–Kier alpha value is -0.840. The van der Waals surface area contributed by atoms with E-state index in [1.807, 2.05) is 0 Å². The van der Waals surface area contributed by atoms with Crippen LogP contribution in [0.25, 0.3) is 0 Å². The first-order valence-electron chi connectivity index (χ1n) is 3.56. The third-order valence-electron chi connectivity index (χ3n) is 1.68. The molecule has 0 unspecified atom stereocenters. The number of carbonyl (C=O) groups excluding carboxylic acids is 1. The monoisotopic (exact) mass is 208 g/mol. The molecule has 0 bridgehead atoms. The average molecular weight is 208 g/mol. The predicted molar refractivity (Wildman–Crippen MR) is 44.2 cm³/mol. The molecule has 13 heavy (non-hydrogen) atoms. The number of halogens is 3. The highest BCUT2D eigenvalue weighted by Gasteiger charge is 2.37. The molecule has 0 amide bonds. The van der Waals surface area contributed by atoms with Crippen LogP contribution in [0.3, 0.4) is 0 Å². The van der Waals surface area contributed by atoms with Crippen molar-refractivity contribution in [2.45, 2.75) is 19.0 Å². The lowest BCUT2D eigenvalue weighted by molar-refractivity contribution is -0.145. The molecule has 0 fully saturated rings. The Bertz CT molecular complexity index is 303. The summed E-state index contributed by atoms with van der Waals surface area (Å²) in [6.07, 6.45) is -3.68. The maximum absolute atomic E-state index is 12.2. The van der Waals surface area contributed by atoms with Crippen LogP contribution >= 0.6 is 11.3 Å². The van der Waals surface area contributed by atoms with E-state index in [2.05, 4.69) is 0 Å². The van der Waals surface area contributed by atoms with Crippen molar-refractivity contribution in [3.8, 4) is 0 Å². The first-order chi connectivity index (χ1) is 5.95. The van der Waals surface area contributed by atoms with Gasteiger partial charge in [-0.2, -0.15) is 13.2 Å². The number of hydrogen-bond acceptors (Lipinski definition) is 2. The van der Waals surface area contributed by atoms with Crippen molar-refractivity contribution < 1.29 is 18.0 Å². The fourth-order valence-corrected chi connectivity index (χ4v) is 1.73. The molecule has 0 aliphatic rings. The number of alkyl halides is 3. The third-order valence-corrected chi connectivity index (χ3v) is 2.87. The zero-order valence-corrected chi connectivity index (χ0v) is 7.58. The molecule has 0 radical (unpaired) electrons. The molecule has 0 aromatic carbocycles. The van der Waals surface area contributed by atoms with Crippen molar-refractivity contribution in [1.82, 2.24) is 0 Å². The van der Waals surface area contributed by atoms with E-state index < -0.39 is 12.1 Å². The van der Waals surface area contributed by atoms with Gasteiger partial charge in [0.2, 0.25) is 0 Å². The van der Waals surface area contributed by atoms with Crippen LogP contribution in [0.5, 0.6) is 0 Å². The lowest BCUT2D eigenvalue weighted by Crippen LogP contribution is -2.16. The molecular weight excluding hydrogens is 201 g/mol. The van der Waals surface area contributed by atoms with E-state index in [9.17, 15) is 18.0 Å².